The smallest absolute Gasteiger partial charge is 0.162 e. The fourth-order valence-corrected chi connectivity index (χ4v) is 0.855. The van der Waals surface area contributed by atoms with Crippen LogP contribution in [-0.4, -0.2) is 41.5 Å². The molecule has 0 aromatic heterocycles. The zero-order valence-corrected chi connectivity index (χ0v) is 7.67. The Morgan fingerprint density at radius 1 is 1.27 bits per heavy atom. The van der Waals surface area contributed by atoms with Crippen molar-refractivity contribution in [2.24, 2.45) is 0 Å². The molecule has 2 N–H and O–H groups in total. The van der Waals surface area contributed by atoms with Crippen molar-refractivity contribution >= 4 is 0 Å². The molecule has 0 saturated carbocycles. The molecule has 0 aliphatic carbocycles. The highest BCUT2D eigenvalue weighted by Gasteiger charge is 2.18. The van der Waals surface area contributed by atoms with Crippen LogP contribution in [0.4, 0.5) is 0 Å². The third-order valence-electron chi connectivity index (χ3n) is 1.75. The molecule has 0 aromatic rings. The fraction of sp³-hybridized carbons (Fsp3) is 1.00. The first-order chi connectivity index (χ1) is 4.98. The van der Waals surface area contributed by atoms with E-state index in [-0.39, 0.29) is 0 Å². The Kier molecular flexibility index (Phi) is 4.65. The van der Waals surface area contributed by atoms with Gasteiger partial charge in [-0.2, -0.15) is 0 Å². The number of rotatable bonds is 5. The average Bonchev–Trinajstić information content (AvgIpc) is 1.87. The molecule has 0 aliphatic heterocycles. The molecule has 0 saturated heterocycles. The maximum absolute atomic E-state index is 9.17. The minimum atomic E-state index is -1.45. The first-order valence-corrected chi connectivity index (χ1v) is 4.07. The Hall–Kier alpha value is -0.120. The minimum Gasteiger partial charge on any atom is -0.366 e. The van der Waals surface area contributed by atoms with E-state index >= 15 is 0 Å². The van der Waals surface area contributed by atoms with Gasteiger partial charge in [0.2, 0.25) is 0 Å². The molecular formula is C8H19NO2. The lowest BCUT2D eigenvalue weighted by Crippen LogP contribution is -2.28. The molecule has 0 aliphatic rings. The second-order valence-corrected chi connectivity index (χ2v) is 3.24. The van der Waals surface area contributed by atoms with E-state index < -0.39 is 5.79 Å². The molecule has 0 heterocycles. The molecule has 0 radical (unpaired) electrons. The van der Waals surface area contributed by atoms with Crippen LogP contribution in [0.15, 0.2) is 0 Å². The Labute approximate surface area is 68.6 Å². The Morgan fingerprint density at radius 2 is 1.82 bits per heavy atom. The molecule has 3 nitrogen and oxygen atoms in total. The highest BCUT2D eigenvalue weighted by atomic mass is 16.5. The van der Waals surface area contributed by atoms with Crippen LogP contribution in [0, 0.1) is 0 Å². The Morgan fingerprint density at radius 3 is 2.18 bits per heavy atom. The third-order valence-corrected chi connectivity index (χ3v) is 1.75. The predicted octanol–water partition coefficient (Wildman–Crippen LogP) is 0.419. The fourth-order valence-electron chi connectivity index (χ4n) is 0.855. The number of hydrogen-bond donors (Lipinski definition) is 2. The minimum absolute atomic E-state index is 0.403. The molecule has 0 fully saturated rings. The van der Waals surface area contributed by atoms with E-state index in [4.69, 9.17) is 0 Å². The van der Waals surface area contributed by atoms with Crippen LogP contribution in [0.25, 0.3) is 0 Å². The van der Waals surface area contributed by atoms with Gasteiger partial charge in [0, 0.05) is 6.42 Å². The van der Waals surface area contributed by atoms with Gasteiger partial charge in [0.05, 0.1) is 0 Å². The van der Waals surface area contributed by atoms with Crippen LogP contribution in [0.2, 0.25) is 0 Å². The maximum Gasteiger partial charge on any atom is 0.162 e. The van der Waals surface area contributed by atoms with Gasteiger partial charge in [-0.05, 0) is 33.5 Å². The summed E-state index contributed by atoms with van der Waals surface area (Å²) in [4.78, 5) is 2.03. The second kappa shape index (κ2) is 4.70. The van der Waals surface area contributed by atoms with Crippen LogP contribution in [0.3, 0.4) is 0 Å². The van der Waals surface area contributed by atoms with Crippen molar-refractivity contribution in [3.8, 4) is 0 Å². The number of aliphatic hydroxyl groups is 2. The Bertz CT molecular complexity index is 102. The molecule has 0 rings (SSSR count). The van der Waals surface area contributed by atoms with Gasteiger partial charge in [0.15, 0.2) is 5.79 Å². The van der Waals surface area contributed by atoms with Crippen LogP contribution in [0.1, 0.15) is 26.2 Å². The topological polar surface area (TPSA) is 43.7 Å². The summed E-state index contributed by atoms with van der Waals surface area (Å²) in [7, 11) is 3.95. The van der Waals surface area contributed by atoms with Crippen molar-refractivity contribution < 1.29 is 10.2 Å². The highest BCUT2D eigenvalue weighted by molar-refractivity contribution is 4.62. The van der Waals surface area contributed by atoms with E-state index in [1.807, 2.05) is 19.0 Å². The molecular weight excluding hydrogens is 142 g/mol. The zero-order valence-electron chi connectivity index (χ0n) is 7.67. The Balaban J connectivity index is 3.38. The summed E-state index contributed by atoms with van der Waals surface area (Å²) in [5, 5.41) is 18.3. The van der Waals surface area contributed by atoms with Gasteiger partial charge in [0.1, 0.15) is 0 Å². The SMILES string of the molecule is CCC(O)(O)CCCN(C)C. The number of hydrogen-bond acceptors (Lipinski definition) is 3. The van der Waals surface area contributed by atoms with Crippen molar-refractivity contribution in [1.82, 2.24) is 4.90 Å². The standard InChI is InChI=1S/C8H19NO2/c1-4-8(10,11)6-5-7-9(2)3/h10-11H,4-7H2,1-3H3. The van der Waals surface area contributed by atoms with Gasteiger partial charge in [-0.15, -0.1) is 0 Å². The molecule has 0 atom stereocenters. The first kappa shape index (κ1) is 10.9. The lowest BCUT2D eigenvalue weighted by atomic mass is 10.1. The average molecular weight is 161 g/mol. The van der Waals surface area contributed by atoms with E-state index in [0.717, 1.165) is 13.0 Å². The van der Waals surface area contributed by atoms with Crippen molar-refractivity contribution in [2.75, 3.05) is 20.6 Å². The summed E-state index contributed by atoms with van der Waals surface area (Å²) in [6, 6.07) is 0. The van der Waals surface area contributed by atoms with Gasteiger partial charge in [0.25, 0.3) is 0 Å². The monoisotopic (exact) mass is 161 g/mol. The summed E-state index contributed by atoms with van der Waals surface area (Å²) in [5.41, 5.74) is 0. The van der Waals surface area contributed by atoms with Gasteiger partial charge < -0.3 is 15.1 Å². The van der Waals surface area contributed by atoms with E-state index in [2.05, 4.69) is 0 Å². The number of nitrogens with zero attached hydrogens (tertiary/aromatic N) is 1. The lowest BCUT2D eigenvalue weighted by Gasteiger charge is -2.20. The summed E-state index contributed by atoms with van der Waals surface area (Å²) in [5.74, 6) is -1.45. The first-order valence-electron chi connectivity index (χ1n) is 4.07. The van der Waals surface area contributed by atoms with Crippen LogP contribution >= 0.6 is 0 Å². The van der Waals surface area contributed by atoms with E-state index in [0.29, 0.717) is 12.8 Å². The van der Waals surface area contributed by atoms with Crippen molar-refractivity contribution in [1.29, 1.82) is 0 Å². The van der Waals surface area contributed by atoms with Gasteiger partial charge in [-0.1, -0.05) is 6.92 Å². The van der Waals surface area contributed by atoms with Gasteiger partial charge in [-0.3, -0.25) is 0 Å². The van der Waals surface area contributed by atoms with Gasteiger partial charge in [-0.25, -0.2) is 0 Å². The quantitative estimate of drug-likeness (QED) is 0.574. The second-order valence-electron chi connectivity index (χ2n) is 3.24. The third kappa shape index (κ3) is 6.28. The summed E-state index contributed by atoms with van der Waals surface area (Å²) in [6.07, 6.45) is 1.69. The van der Waals surface area contributed by atoms with Gasteiger partial charge >= 0.3 is 0 Å². The van der Waals surface area contributed by atoms with Crippen LogP contribution in [-0.2, 0) is 0 Å². The normalized spacial score (nSPS) is 12.5. The summed E-state index contributed by atoms with van der Waals surface area (Å²) < 4.78 is 0. The van der Waals surface area contributed by atoms with E-state index in [1.54, 1.807) is 6.92 Å². The summed E-state index contributed by atoms with van der Waals surface area (Å²) in [6.45, 7) is 2.68. The molecule has 11 heavy (non-hydrogen) atoms. The van der Waals surface area contributed by atoms with Crippen molar-refractivity contribution in [3.63, 3.8) is 0 Å². The molecule has 0 aromatic carbocycles. The molecule has 3 heteroatoms. The van der Waals surface area contributed by atoms with Crippen LogP contribution in [0.5, 0.6) is 0 Å². The van der Waals surface area contributed by atoms with Crippen molar-refractivity contribution in [3.05, 3.63) is 0 Å². The van der Waals surface area contributed by atoms with E-state index in [1.165, 1.54) is 0 Å². The largest absolute Gasteiger partial charge is 0.366 e. The molecule has 0 spiro atoms. The maximum atomic E-state index is 9.17. The lowest BCUT2D eigenvalue weighted by molar-refractivity contribution is -0.168. The highest BCUT2D eigenvalue weighted by Crippen LogP contribution is 2.12. The molecule has 0 amide bonds. The zero-order chi connectivity index (χ0) is 8.91. The summed E-state index contributed by atoms with van der Waals surface area (Å²) >= 11 is 0. The van der Waals surface area contributed by atoms with Crippen LogP contribution < -0.4 is 0 Å². The predicted molar refractivity (Wildman–Crippen MR) is 45.2 cm³/mol. The van der Waals surface area contributed by atoms with E-state index in [9.17, 15) is 10.2 Å². The van der Waals surface area contributed by atoms with Crippen molar-refractivity contribution in [2.45, 2.75) is 32.0 Å². The molecule has 0 bridgehead atoms. The molecule has 0 unspecified atom stereocenters. The molecule has 68 valence electrons.